The summed E-state index contributed by atoms with van der Waals surface area (Å²) in [5.74, 6) is 0.562. The lowest BCUT2D eigenvalue weighted by Gasteiger charge is -2.17. The SMILES string of the molecule is COc1c(Br)cc(Cl)cc1C(O)Cc1ccc(Cl)c(Cl)c1. The third-order valence-electron chi connectivity index (χ3n) is 3.01. The Morgan fingerprint density at radius 1 is 1.14 bits per heavy atom. The molecule has 0 aliphatic carbocycles. The van der Waals surface area contributed by atoms with Gasteiger partial charge in [0.1, 0.15) is 5.75 Å². The highest BCUT2D eigenvalue weighted by Crippen LogP contribution is 2.37. The van der Waals surface area contributed by atoms with E-state index in [1.54, 1.807) is 31.4 Å². The first-order chi connectivity index (χ1) is 9.92. The second-order valence-corrected chi connectivity index (χ2v) is 6.58. The summed E-state index contributed by atoms with van der Waals surface area (Å²) in [6, 6.07) is 8.67. The molecule has 6 heteroatoms. The molecule has 2 aromatic rings. The van der Waals surface area contributed by atoms with E-state index in [4.69, 9.17) is 39.5 Å². The maximum absolute atomic E-state index is 10.5. The van der Waals surface area contributed by atoms with E-state index in [9.17, 15) is 5.11 Å². The minimum Gasteiger partial charge on any atom is -0.495 e. The van der Waals surface area contributed by atoms with Gasteiger partial charge < -0.3 is 9.84 Å². The van der Waals surface area contributed by atoms with Gasteiger partial charge in [0.2, 0.25) is 0 Å². The second kappa shape index (κ2) is 7.21. The van der Waals surface area contributed by atoms with Crippen molar-refractivity contribution in [1.82, 2.24) is 0 Å². The van der Waals surface area contributed by atoms with Crippen molar-refractivity contribution in [2.75, 3.05) is 7.11 Å². The van der Waals surface area contributed by atoms with Gasteiger partial charge in [0.05, 0.1) is 27.7 Å². The predicted octanol–water partition coefficient (Wildman–Crippen LogP) is 5.69. The van der Waals surface area contributed by atoms with Crippen LogP contribution in [0.4, 0.5) is 0 Å². The molecule has 0 fully saturated rings. The molecular formula is C15H12BrCl3O2. The molecular weight excluding hydrogens is 398 g/mol. The van der Waals surface area contributed by atoms with Crippen LogP contribution in [0.15, 0.2) is 34.8 Å². The Hall–Kier alpha value is -0.450. The van der Waals surface area contributed by atoms with E-state index in [1.165, 1.54) is 0 Å². The molecule has 0 saturated carbocycles. The second-order valence-electron chi connectivity index (χ2n) is 4.48. The Kier molecular flexibility index (Phi) is 5.81. The molecule has 0 amide bonds. The Bertz CT molecular complexity index is 662. The van der Waals surface area contributed by atoms with E-state index in [-0.39, 0.29) is 0 Å². The van der Waals surface area contributed by atoms with Gasteiger partial charge in [0.15, 0.2) is 0 Å². The lowest BCUT2D eigenvalue weighted by atomic mass is 10.0. The fourth-order valence-electron chi connectivity index (χ4n) is 2.04. The monoisotopic (exact) mass is 408 g/mol. The van der Waals surface area contributed by atoms with Crippen LogP contribution < -0.4 is 4.74 Å². The molecule has 0 aliphatic heterocycles. The highest BCUT2D eigenvalue weighted by molar-refractivity contribution is 9.10. The lowest BCUT2D eigenvalue weighted by Crippen LogP contribution is -2.05. The van der Waals surface area contributed by atoms with Gasteiger partial charge in [-0.1, -0.05) is 40.9 Å². The largest absolute Gasteiger partial charge is 0.495 e. The number of halogens is 4. The number of benzene rings is 2. The number of aliphatic hydroxyl groups excluding tert-OH is 1. The van der Waals surface area contributed by atoms with Crippen LogP contribution in [-0.4, -0.2) is 12.2 Å². The molecule has 0 spiro atoms. The van der Waals surface area contributed by atoms with E-state index in [1.807, 2.05) is 6.07 Å². The summed E-state index contributed by atoms with van der Waals surface area (Å²) in [5.41, 5.74) is 1.48. The first-order valence-corrected chi connectivity index (χ1v) is 8.00. The van der Waals surface area contributed by atoms with E-state index >= 15 is 0 Å². The van der Waals surface area contributed by atoms with Gasteiger partial charge >= 0.3 is 0 Å². The quantitative estimate of drug-likeness (QED) is 0.701. The average molecular weight is 411 g/mol. The maximum atomic E-state index is 10.5. The minimum absolute atomic E-state index is 0.375. The molecule has 21 heavy (non-hydrogen) atoms. The summed E-state index contributed by atoms with van der Waals surface area (Å²) in [6.45, 7) is 0. The van der Waals surface area contributed by atoms with Crippen LogP contribution in [0, 0.1) is 0 Å². The normalized spacial score (nSPS) is 12.3. The highest BCUT2D eigenvalue weighted by Gasteiger charge is 2.18. The molecule has 0 heterocycles. The van der Waals surface area contributed by atoms with Crippen molar-refractivity contribution in [3.8, 4) is 5.75 Å². The van der Waals surface area contributed by atoms with Crippen LogP contribution in [-0.2, 0) is 6.42 Å². The van der Waals surface area contributed by atoms with Crippen molar-refractivity contribution in [2.24, 2.45) is 0 Å². The molecule has 0 aromatic heterocycles. The first-order valence-electron chi connectivity index (χ1n) is 6.07. The zero-order chi connectivity index (χ0) is 15.6. The molecule has 1 atom stereocenters. The van der Waals surface area contributed by atoms with Crippen molar-refractivity contribution >= 4 is 50.7 Å². The highest BCUT2D eigenvalue weighted by atomic mass is 79.9. The van der Waals surface area contributed by atoms with E-state index in [0.717, 1.165) is 5.56 Å². The van der Waals surface area contributed by atoms with Crippen molar-refractivity contribution < 1.29 is 9.84 Å². The summed E-state index contributed by atoms with van der Waals surface area (Å²) in [6.07, 6.45) is -0.396. The van der Waals surface area contributed by atoms with Crippen LogP contribution in [0.25, 0.3) is 0 Å². The zero-order valence-corrected chi connectivity index (χ0v) is 14.9. The fraction of sp³-hybridized carbons (Fsp3) is 0.200. The summed E-state index contributed by atoms with van der Waals surface area (Å²) < 4.78 is 6.02. The van der Waals surface area contributed by atoms with Gasteiger partial charge in [-0.2, -0.15) is 0 Å². The number of aliphatic hydroxyl groups is 1. The standard InChI is InChI=1S/C15H12BrCl3O2/c1-21-15-10(6-9(17)7-11(15)16)14(20)5-8-2-3-12(18)13(19)4-8/h2-4,6-7,14,20H,5H2,1H3. The lowest BCUT2D eigenvalue weighted by molar-refractivity contribution is 0.174. The minimum atomic E-state index is -0.771. The van der Waals surface area contributed by atoms with Crippen LogP contribution in [0.5, 0.6) is 5.75 Å². The number of methoxy groups -OCH3 is 1. The Balaban J connectivity index is 2.31. The Labute approximate surface area is 146 Å². The van der Waals surface area contributed by atoms with Crippen LogP contribution in [0.3, 0.4) is 0 Å². The number of rotatable bonds is 4. The third kappa shape index (κ3) is 4.05. The van der Waals surface area contributed by atoms with Crippen molar-refractivity contribution in [1.29, 1.82) is 0 Å². The van der Waals surface area contributed by atoms with Gasteiger partial charge in [0, 0.05) is 17.0 Å². The Morgan fingerprint density at radius 2 is 1.86 bits per heavy atom. The maximum Gasteiger partial charge on any atom is 0.138 e. The van der Waals surface area contributed by atoms with Crippen LogP contribution in [0.1, 0.15) is 17.2 Å². The Morgan fingerprint density at radius 3 is 2.48 bits per heavy atom. The first kappa shape index (κ1) is 16.9. The number of hydrogen-bond acceptors (Lipinski definition) is 2. The molecule has 0 aliphatic rings. The zero-order valence-electron chi connectivity index (χ0n) is 11.0. The van der Waals surface area contributed by atoms with Crippen LogP contribution in [0.2, 0.25) is 15.1 Å². The molecule has 1 unspecified atom stereocenters. The van der Waals surface area contributed by atoms with Crippen LogP contribution >= 0.6 is 50.7 Å². The molecule has 112 valence electrons. The number of ether oxygens (including phenoxy) is 1. The topological polar surface area (TPSA) is 29.5 Å². The molecule has 0 radical (unpaired) electrons. The fourth-order valence-corrected chi connectivity index (χ4v) is 3.36. The van der Waals surface area contributed by atoms with E-state index in [2.05, 4.69) is 15.9 Å². The number of hydrogen-bond donors (Lipinski definition) is 1. The van der Waals surface area contributed by atoms with Gasteiger partial charge in [-0.05, 0) is 45.8 Å². The summed E-state index contributed by atoms with van der Waals surface area (Å²) >= 11 is 21.3. The smallest absolute Gasteiger partial charge is 0.138 e. The van der Waals surface area contributed by atoms with E-state index in [0.29, 0.717) is 37.3 Å². The van der Waals surface area contributed by atoms with Crippen molar-refractivity contribution in [2.45, 2.75) is 12.5 Å². The molecule has 2 aromatic carbocycles. The average Bonchev–Trinajstić information content (AvgIpc) is 2.42. The van der Waals surface area contributed by atoms with Crippen molar-refractivity contribution in [3.05, 3.63) is 61.0 Å². The molecule has 1 N–H and O–H groups in total. The molecule has 2 nitrogen and oxygen atoms in total. The summed E-state index contributed by atoms with van der Waals surface area (Å²) in [5, 5.41) is 11.9. The van der Waals surface area contributed by atoms with Gasteiger partial charge in [-0.3, -0.25) is 0 Å². The third-order valence-corrected chi connectivity index (χ3v) is 4.56. The van der Waals surface area contributed by atoms with Gasteiger partial charge in [0.25, 0.3) is 0 Å². The van der Waals surface area contributed by atoms with Gasteiger partial charge in [-0.15, -0.1) is 0 Å². The summed E-state index contributed by atoms with van der Waals surface area (Å²) in [7, 11) is 1.55. The predicted molar refractivity (Wildman–Crippen MR) is 90.8 cm³/mol. The molecule has 0 bridgehead atoms. The van der Waals surface area contributed by atoms with Gasteiger partial charge in [-0.25, -0.2) is 0 Å². The molecule has 0 saturated heterocycles. The molecule has 2 rings (SSSR count). The summed E-state index contributed by atoms with van der Waals surface area (Å²) in [4.78, 5) is 0. The van der Waals surface area contributed by atoms with Crippen molar-refractivity contribution in [3.63, 3.8) is 0 Å². The van der Waals surface area contributed by atoms with E-state index < -0.39 is 6.10 Å².